The van der Waals surface area contributed by atoms with Crippen LogP contribution in [-0.2, 0) is 0 Å². The zero-order valence-electron chi connectivity index (χ0n) is 10.1. The summed E-state index contributed by atoms with van der Waals surface area (Å²) >= 11 is 0. The van der Waals surface area contributed by atoms with Gasteiger partial charge in [-0.15, -0.1) is 0 Å². The number of aliphatic hydroxyl groups excluding tert-OH is 1. The molecule has 2 rings (SSSR count). The highest BCUT2D eigenvalue weighted by atomic mass is 19.1. The average Bonchev–Trinajstić information content (AvgIpc) is 2.60. The lowest BCUT2D eigenvalue weighted by atomic mass is 10.1. The van der Waals surface area contributed by atoms with Crippen LogP contribution in [0.1, 0.15) is 30.0 Å². The van der Waals surface area contributed by atoms with Crippen molar-refractivity contribution in [2.75, 3.05) is 0 Å². The normalized spacial score (nSPS) is 12.8. The van der Waals surface area contributed by atoms with Crippen LogP contribution in [-0.4, -0.2) is 14.7 Å². The molecule has 1 N–H and O–H groups in total. The van der Waals surface area contributed by atoms with E-state index in [4.69, 9.17) is 0 Å². The summed E-state index contributed by atoms with van der Waals surface area (Å²) in [6.45, 7) is 5.37. The van der Waals surface area contributed by atoms with E-state index >= 15 is 0 Å². The number of aliphatic hydroxyl groups is 1. The van der Waals surface area contributed by atoms with Crippen LogP contribution >= 0.6 is 0 Å². The highest BCUT2D eigenvalue weighted by Crippen LogP contribution is 2.26. The lowest BCUT2D eigenvalue weighted by Gasteiger charge is -2.14. The highest BCUT2D eigenvalue weighted by molar-refractivity contribution is 5.45. The molecule has 0 aliphatic rings. The van der Waals surface area contributed by atoms with Crippen molar-refractivity contribution >= 4 is 0 Å². The summed E-state index contributed by atoms with van der Waals surface area (Å²) in [4.78, 5) is 4.15. The maximum absolute atomic E-state index is 13.9. The molecule has 0 bridgehead atoms. The number of benzene rings is 1. The minimum atomic E-state index is -0.720. The van der Waals surface area contributed by atoms with Crippen LogP contribution in [0.15, 0.2) is 24.5 Å². The van der Waals surface area contributed by atoms with E-state index < -0.39 is 6.10 Å². The molecule has 0 saturated carbocycles. The second-order valence-corrected chi connectivity index (χ2v) is 4.14. The maximum Gasteiger partial charge on any atom is 0.147 e. The molecule has 0 unspecified atom stereocenters. The molecule has 90 valence electrons. The van der Waals surface area contributed by atoms with Crippen LogP contribution in [0, 0.1) is 19.7 Å². The van der Waals surface area contributed by atoms with Crippen molar-refractivity contribution in [1.29, 1.82) is 0 Å². The van der Waals surface area contributed by atoms with Crippen LogP contribution in [0.4, 0.5) is 4.39 Å². The minimum absolute atomic E-state index is 0.357. The van der Waals surface area contributed by atoms with Gasteiger partial charge in [0.15, 0.2) is 0 Å². The van der Waals surface area contributed by atoms with Gasteiger partial charge >= 0.3 is 0 Å². The SMILES string of the molecule is Cc1ncn(-c2c(F)cccc2[C@H](C)O)c1C. The molecule has 0 amide bonds. The molecule has 1 aromatic carbocycles. The van der Waals surface area contributed by atoms with Crippen LogP contribution in [0.2, 0.25) is 0 Å². The van der Waals surface area contributed by atoms with Crippen molar-refractivity contribution in [3.05, 3.63) is 47.3 Å². The summed E-state index contributed by atoms with van der Waals surface area (Å²) in [5.41, 5.74) is 2.66. The number of para-hydroxylation sites is 1. The van der Waals surface area contributed by atoms with Gasteiger partial charge in [0, 0.05) is 11.3 Å². The molecular formula is C13H15FN2O. The molecule has 1 atom stereocenters. The molecule has 0 fully saturated rings. The van der Waals surface area contributed by atoms with Crippen molar-refractivity contribution < 1.29 is 9.50 Å². The highest BCUT2D eigenvalue weighted by Gasteiger charge is 2.16. The van der Waals surface area contributed by atoms with Crippen LogP contribution in [0.25, 0.3) is 5.69 Å². The number of halogens is 1. The van der Waals surface area contributed by atoms with E-state index in [1.807, 2.05) is 13.8 Å². The molecule has 0 spiro atoms. The van der Waals surface area contributed by atoms with E-state index in [0.29, 0.717) is 11.3 Å². The Morgan fingerprint density at radius 3 is 2.59 bits per heavy atom. The lowest BCUT2D eigenvalue weighted by molar-refractivity contribution is 0.198. The summed E-state index contributed by atoms with van der Waals surface area (Å²) in [5.74, 6) is -0.357. The molecule has 0 radical (unpaired) electrons. The van der Waals surface area contributed by atoms with Crippen molar-refractivity contribution in [3.63, 3.8) is 0 Å². The van der Waals surface area contributed by atoms with Gasteiger partial charge in [-0.3, -0.25) is 0 Å². The first-order chi connectivity index (χ1) is 8.02. The van der Waals surface area contributed by atoms with Gasteiger partial charge in [0.2, 0.25) is 0 Å². The molecule has 0 saturated heterocycles. The average molecular weight is 234 g/mol. The third kappa shape index (κ3) is 1.96. The third-order valence-electron chi connectivity index (χ3n) is 2.96. The smallest absolute Gasteiger partial charge is 0.147 e. The van der Waals surface area contributed by atoms with E-state index in [-0.39, 0.29) is 5.82 Å². The van der Waals surface area contributed by atoms with Gasteiger partial charge in [0.25, 0.3) is 0 Å². The summed E-state index contributed by atoms with van der Waals surface area (Å²) < 4.78 is 15.6. The molecule has 17 heavy (non-hydrogen) atoms. The van der Waals surface area contributed by atoms with Crippen molar-refractivity contribution in [2.45, 2.75) is 26.9 Å². The first-order valence-electron chi connectivity index (χ1n) is 5.49. The van der Waals surface area contributed by atoms with Crippen LogP contribution < -0.4 is 0 Å². The number of imidazole rings is 1. The molecule has 0 aliphatic heterocycles. The molecular weight excluding hydrogens is 219 g/mol. The van der Waals surface area contributed by atoms with E-state index in [0.717, 1.165) is 11.4 Å². The Hall–Kier alpha value is -1.68. The van der Waals surface area contributed by atoms with E-state index in [1.54, 1.807) is 30.0 Å². The van der Waals surface area contributed by atoms with Crippen molar-refractivity contribution in [1.82, 2.24) is 9.55 Å². The Morgan fingerprint density at radius 2 is 2.06 bits per heavy atom. The van der Waals surface area contributed by atoms with E-state index in [2.05, 4.69) is 4.98 Å². The van der Waals surface area contributed by atoms with Crippen molar-refractivity contribution in [3.8, 4) is 5.69 Å². The third-order valence-corrected chi connectivity index (χ3v) is 2.96. The lowest BCUT2D eigenvalue weighted by Crippen LogP contribution is -2.06. The Kier molecular flexibility index (Phi) is 2.98. The summed E-state index contributed by atoms with van der Waals surface area (Å²) in [6.07, 6.45) is 0.859. The monoisotopic (exact) mass is 234 g/mol. The Balaban J connectivity index is 2.70. The number of aromatic nitrogens is 2. The fourth-order valence-corrected chi connectivity index (χ4v) is 1.85. The number of aryl methyl sites for hydroxylation is 1. The molecule has 1 aromatic heterocycles. The standard InChI is InChI=1S/C13H15FN2O/c1-8-9(2)16(7-15-8)13-11(10(3)17)5-4-6-12(13)14/h4-7,10,17H,1-3H3/t10-/m0/s1. The maximum atomic E-state index is 13.9. The molecule has 4 heteroatoms. The van der Waals surface area contributed by atoms with Gasteiger partial charge in [-0.1, -0.05) is 12.1 Å². The number of nitrogens with zero attached hydrogens (tertiary/aromatic N) is 2. The molecule has 0 aliphatic carbocycles. The van der Waals surface area contributed by atoms with Gasteiger partial charge in [-0.2, -0.15) is 0 Å². The number of rotatable bonds is 2. The van der Waals surface area contributed by atoms with Crippen molar-refractivity contribution in [2.24, 2.45) is 0 Å². The fourth-order valence-electron chi connectivity index (χ4n) is 1.85. The van der Waals surface area contributed by atoms with E-state index in [1.165, 1.54) is 6.07 Å². The van der Waals surface area contributed by atoms with Crippen LogP contribution in [0.5, 0.6) is 0 Å². The first-order valence-corrected chi connectivity index (χ1v) is 5.49. The predicted molar refractivity (Wildman–Crippen MR) is 63.6 cm³/mol. The topological polar surface area (TPSA) is 38.0 Å². The summed E-state index contributed by atoms with van der Waals surface area (Å²) in [6, 6.07) is 4.70. The van der Waals surface area contributed by atoms with Gasteiger partial charge in [0.1, 0.15) is 5.82 Å². The minimum Gasteiger partial charge on any atom is -0.389 e. The van der Waals surface area contributed by atoms with Gasteiger partial charge < -0.3 is 9.67 Å². The Bertz CT molecular complexity index is 546. The Labute approximate surface area is 99.5 Å². The van der Waals surface area contributed by atoms with E-state index in [9.17, 15) is 9.50 Å². The molecule has 1 heterocycles. The zero-order valence-corrected chi connectivity index (χ0v) is 10.1. The summed E-state index contributed by atoms with van der Waals surface area (Å²) in [5, 5.41) is 9.69. The van der Waals surface area contributed by atoms with Gasteiger partial charge in [-0.25, -0.2) is 9.37 Å². The summed E-state index contributed by atoms with van der Waals surface area (Å²) in [7, 11) is 0. The second kappa shape index (κ2) is 4.30. The Morgan fingerprint density at radius 1 is 1.35 bits per heavy atom. The van der Waals surface area contributed by atoms with Crippen LogP contribution in [0.3, 0.4) is 0 Å². The number of hydrogen-bond acceptors (Lipinski definition) is 2. The van der Waals surface area contributed by atoms with Gasteiger partial charge in [-0.05, 0) is 26.8 Å². The second-order valence-electron chi connectivity index (χ2n) is 4.14. The first kappa shape index (κ1) is 11.8. The number of hydrogen-bond donors (Lipinski definition) is 1. The van der Waals surface area contributed by atoms with Gasteiger partial charge in [0.05, 0.1) is 23.8 Å². The largest absolute Gasteiger partial charge is 0.389 e. The predicted octanol–water partition coefficient (Wildman–Crippen LogP) is 2.68. The molecule has 2 aromatic rings. The quantitative estimate of drug-likeness (QED) is 0.867. The zero-order chi connectivity index (χ0) is 12.6. The molecule has 3 nitrogen and oxygen atoms in total. The fraction of sp³-hybridized carbons (Fsp3) is 0.308.